The molecule has 0 radical (unpaired) electrons. The van der Waals surface area contributed by atoms with Gasteiger partial charge in [0, 0.05) is 35.4 Å². The number of halogens is 2. The summed E-state index contributed by atoms with van der Waals surface area (Å²) in [6.45, 7) is 2.68. The van der Waals surface area contributed by atoms with Gasteiger partial charge in [-0.15, -0.1) is 0 Å². The number of anilines is 1. The molecule has 0 amide bonds. The van der Waals surface area contributed by atoms with Gasteiger partial charge in [-0.25, -0.2) is 9.37 Å². The van der Waals surface area contributed by atoms with Gasteiger partial charge >= 0.3 is 0 Å². The van der Waals surface area contributed by atoms with Crippen LogP contribution in [0.2, 0.25) is 0 Å². The Morgan fingerprint density at radius 3 is 2.76 bits per heavy atom. The third-order valence-corrected chi connectivity index (χ3v) is 3.98. The predicted octanol–water partition coefficient (Wildman–Crippen LogP) is 3.90. The van der Waals surface area contributed by atoms with E-state index in [0.29, 0.717) is 12.1 Å². The smallest absolute Gasteiger partial charge is 0.133 e. The van der Waals surface area contributed by atoms with Gasteiger partial charge in [-0.2, -0.15) is 0 Å². The summed E-state index contributed by atoms with van der Waals surface area (Å²) in [6.07, 6.45) is 1.76. The average Bonchev–Trinajstić information content (AvgIpc) is 2.47. The maximum absolute atomic E-state index is 14.0. The van der Waals surface area contributed by atoms with E-state index in [1.54, 1.807) is 12.3 Å². The first-order valence-corrected chi connectivity index (χ1v) is 7.60. The number of nitrogens with zero attached hydrogens (tertiary/aromatic N) is 2. The van der Waals surface area contributed by atoms with Crippen LogP contribution in [0.1, 0.15) is 24.1 Å². The lowest BCUT2D eigenvalue weighted by molar-refractivity contribution is 0.583. The van der Waals surface area contributed by atoms with Crippen molar-refractivity contribution in [1.29, 1.82) is 0 Å². The van der Waals surface area contributed by atoms with Gasteiger partial charge in [0.25, 0.3) is 0 Å². The minimum absolute atomic E-state index is 0.101. The summed E-state index contributed by atoms with van der Waals surface area (Å²) in [5.74, 6) is 0.660. The van der Waals surface area contributed by atoms with Crippen molar-refractivity contribution < 1.29 is 4.39 Å². The molecule has 1 unspecified atom stereocenters. The molecule has 1 aromatic heterocycles. The van der Waals surface area contributed by atoms with Crippen LogP contribution in [-0.4, -0.2) is 19.1 Å². The van der Waals surface area contributed by atoms with Gasteiger partial charge in [0.15, 0.2) is 0 Å². The van der Waals surface area contributed by atoms with E-state index in [-0.39, 0.29) is 11.9 Å². The van der Waals surface area contributed by atoms with Crippen LogP contribution >= 0.6 is 15.9 Å². The van der Waals surface area contributed by atoms with E-state index in [9.17, 15) is 4.39 Å². The fourth-order valence-corrected chi connectivity index (χ4v) is 2.70. The molecule has 0 aliphatic carbocycles. The van der Waals surface area contributed by atoms with Crippen LogP contribution in [0.25, 0.3) is 0 Å². The topological polar surface area (TPSA) is 28.2 Å². The molecule has 2 aromatic rings. The number of rotatable bonds is 5. The van der Waals surface area contributed by atoms with Crippen molar-refractivity contribution in [2.45, 2.75) is 19.5 Å². The molecule has 1 heterocycles. The van der Waals surface area contributed by atoms with Gasteiger partial charge in [0.1, 0.15) is 11.6 Å². The second kappa shape index (κ2) is 7.00. The highest BCUT2D eigenvalue weighted by Gasteiger charge is 2.19. The number of hydrogen-bond donors (Lipinski definition) is 1. The highest BCUT2D eigenvalue weighted by Crippen LogP contribution is 2.29. The Morgan fingerprint density at radius 2 is 2.10 bits per heavy atom. The summed E-state index contributed by atoms with van der Waals surface area (Å²) in [6, 6.07) is 8.79. The molecule has 5 heteroatoms. The maximum Gasteiger partial charge on any atom is 0.133 e. The van der Waals surface area contributed by atoms with Gasteiger partial charge in [-0.1, -0.05) is 18.2 Å². The first kappa shape index (κ1) is 15.9. The molecule has 0 fully saturated rings. The Hall–Kier alpha value is -1.46. The zero-order valence-electron chi connectivity index (χ0n) is 12.4. The Balaban J connectivity index is 2.35. The molecule has 2 rings (SSSR count). The van der Waals surface area contributed by atoms with Crippen molar-refractivity contribution in [3.05, 3.63) is 57.9 Å². The number of nitrogens with one attached hydrogen (secondary N) is 1. The van der Waals surface area contributed by atoms with Crippen molar-refractivity contribution in [2.24, 2.45) is 0 Å². The van der Waals surface area contributed by atoms with Crippen molar-refractivity contribution in [3.63, 3.8) is 0 Å². The molecular formula is C16H19BrFN3. The zero-order chi connectivity index (χ0) is 15.4. The Kier molecular flexibility index (Phi) is 5.31. The molecule has 112 valence electrons. The monoisotopic (exact) mass is 351 g/mol. The van der Waals surface area contributed by atoms with Crippen LogP contribution in [0.3, 0.4) is 0 Å². The SMILES string of the molecule is CNCc1cc(Br)cnc1N(C)C(C)c1ccccc1F. The molecule has 3 nitrogen and oxygen atoms in total. The lowest BCUT2D eigenvalue weighted by Crippen LogP contribution is -2.25. The Morgan fingerprint density at radius 1 is 1.38 bits per heavy atom. The van der Waals surface area contributed by atoms with E-state index in [4.69, 9.17) is 0 Å². The predicted molar refractivity (Wildman–Crippen MR) is 87.9 cm³/mol. The number of hydrogen-bond acceptors (Lipinski definition) is 3. The lowest BCUT2D eigenvalue weighted by Gasteiger charge is -2.28. The molecule has 1 atom stereocenters. The fourth-order valence-electron chi connectivity index (χ4n) is 2.32. The standard InChI is InChI=1S/C16H19BrFN3/c1-11(14-6-4-5-7-15(14)18)21(3)16-12(9-19-2)8-13(17)10-20-16/h4-8,10-11,19H,9H2,1-3H3. The van der Waals surface area contributed by atoms with Crippen LogP contribution in [0.4, 0.5) is 10.2 Å². The lowest BCUT2D eigenvalue weighted by atomic mass is 10.1. The molecule has 0 aliphatic rings. The van der Waals surface area contributed by atoms with Crippen LogP contribution in [-0.2, 0) is 6.54 Å². The summed E-state index contributed by atoms with van der Waals surface area (Å²) in [4.78, 5) is 6.49. The van der Waals surface area contributed by atoms with Crippen molar-refractivity contribution in [1.82, 2.24) is 10.3 Å². The summed E-state index contributed by atoms with van der Waals surface area (Å²) in [5.41, 5.74) is 1.73. The second-order valence-electron chi connectivity index (χ2n) is 4.97. The quantitative estimate of drug-likeness (QED) is 0.885. The summed E-state index contributed by atoms with van der Waals surface area (Å²) >= 11 is 3.44. The van der Waals surface area contributed by atoms with Crippen LogP contribution in [0.5, 0.6) is 0 Å². The third kappa shape index (κ3) is 3.60. The first-order valence-electron chi connectivity index (χ1n) is 6.81. The summed E-state index contributed by atoms with van der Waals surface area (Å²) in [7, 11) is 3.83. The van der Waals surface area contributed by atoms with Gasteiger partial charge < -0.3 is 10.2 Å². The second-order valence-corrected chi connectivity index (χ2v) is 5.89. The third-order valence-electron chi connectivity index (χ3n) is 3.55. The van der Waals surface area contributed by atoms with Gasteiger partial charge in [-0.05, 0) is 42.0 Å². The van der Waals surface area contributed by atoms with Crippen LogP contribution < -0.4 is 10.2 Å². The van der Waals surface area contributed by atoms with E-state index < -0.39 is 0 Å². The fraction of sp³-hybridized carbons (Fsp3) is 0.312. The molecule has 0 bridgehead atoms. The van der Waals surface area contributed by atoms with Crippen molar-refractivity contribution in [2.75, 3.05) is 19.0 Å². The van der Waals surface area contributed by atoms with Crippen molar-refractivity contribution in [3.8, 4) is 0 Å². The molecule has 1 aromatic carbocycles. The first-order chi connectivity index (χ1) is 10.0. The average molecular weight is 352 g/mol. The maximum atomic E-state index is 14.0. The molecule has 0 saturated heterocycles. The molecule has 0 aliphatic heterocycles. The van der Waals surface area contributed by atoms with Crippen molar-refractivity contribution >= 4 is 21.7 Å². The highest BCUT2D eigenvalue weighted by atomic mass is 79.9. The number of pyridine rings is 1. The number of aromatic nitrogens is 1. The van der Waals surface area contributed by atoms with Gasteiger partial charge in [0.05, 0.1) is 6.04 Å². The van der Waals surface area contributed by atoms with E-state index in [0.717, 1.165) is 15.9 Å². The highest BCUT2D eigenvalue weighted by molar-refractivity contribution is 9.10. The largest absolute Gasteiger partial charge is 0.353 e. The van der Waals surface area contributed by atoms with E-state index in [1.165, 1.54) is 6.07 Å². The molecule has 0 spiro atoms. The van der Waals surface area contributed by atoms with Gasteiger partial charge in [-0.3, -0.25) is 0 Å². The van der Waals surface area contributed by atoms with Crippen LogP contribution in [0, 0.1) is 5.82 Å². The molecule has 21 heavy (non-hydrogen) atoms. The Bertz CT molecular complexity index is 618. The molecule has 1 N–H and O–H groups in total. The van der Waals surface area contributed by atoms with E-state index >= 15 is 0 Å². The van der Waals surface area contributed by atoms with Crippen LogP contribution in [0.15, 0.2) is 41.0 Å². The zero-order valence-corrected chi connectivity index (χ0v) is 14.0. The van der Waals surface area contributed by atoms with Gasteiger partial charge in [0.2, 0.25) is 0 Å². The Labute approximate surface area is 133 Å². The van der Waals surface area contributed by atoms with E-state index in [2.05, 4.69) is 26.2 Å². The summed E-state index contributed by atoms with van der Waals surface area (Å²) in [5, 5.41) is 3.13. The minimum Gasteiger partial charge on any atom is -0.353 e. The number of benzene rings is 1. The molecule has 0 saturated carbocycles. The molecular weight excluding hydrogens is 333 g/mol. The minimum atomic E-state index is -0.191. The van der Waals surface area contributed by atoms with E-state index in [1.807, 2.05) is 44.1 Å². The summed E-state index contributed by atoms with van der Waals surface area (Å²) < 4.78 is 14.9. The normalized spacial score (nSPS) is 12.2.